The average molecular weight is 387 g/mol. The van der Waals surface area contributed by atoms with E-state index in [0.717, 1.165) is 11.0 Å². The molecule has 0 spiro atoms. The summed E-state index contributed by atoms with van der Waals surface area (Å²) in [4.78, 5) is 61.5. The van der Waals surface area contributed by atoms with Gasteiger partial charge in [-0.05, 0) is 32.3 Å². The van der Waals surface area contributed by atoms with Gasteiger partial charge in [0.05, 0.1) is 16.1 Å². The van der Waals surface area contributed by atoms with E-state index in [9.17, 15) is 29.3 Å². The van der Waals surface area contributed by atoms with Crippen LogP contribution in [0.1, 0.15) is 53.3 Å². The number of carbonyl (C=O) groups is 4. The number of non-ortho nitro benzene ring substituents is 1. The van der Waals surface area contributed by atoms with Crippen LogP contribution in [0, 0.1) is 16.0 Å². The van der Waals surface area contributed by atoms with Gasteiger partial charge in [-0.15, -0.1) is 0 Å². The Kier molecular flexibility index (Phi) is 5.53. The van der Waals surface area contributed by atoms with Crippen molar-refractivity contribution in [2.45, 2.75) is 32.6 Å². The summed E-state index contributed by atoms with van der Waals surface area (Å²) < 4.78 is 0. The number of Topliss-reactive ketones (excluding diaryl/α,β-unsaturated/α-hetero) is 1. The molecule has 0 saturated carbocycles. The standard InChI is InChI=1S/C19H21N3O6/c1-12(23)13-6-9-20(10-7-13)17(24)3-2-8-21-18(25)15-5-4-14(22(27)28)11-16(15)19(21)26/h4-5,11,13H,2-3,6-10H2,1H3. The van der Waals surface area contributed by atoms with Gasteiger partial charge in [-0.25, -0.2) is 0 Å². The van der Waals surface area contributed by atoms with Crippen LogP contribution in [0.15, 0.2) is 18.2 Å². The van der Waals surface area contributed by atoms with Crippen molar-refractivity contribution in [3.63, 3.8) is 0 Å². The normalized spacial score (nSPS) is 17.0. The number of likely N-dealkylation sites (tertiary alicyclic amines) is 1. The Morgan fingerprint density at radius 2 is 1.79 bits per heavy atom. The summed E-state index contributed by atoms with van der Waals surface area (Å²) in [5.74, 6) is -0.957. The molecule has 9 nitrogen and oxygen atoms in total. The fourth-order valence-corrected chi connectivity index (χ4v) is 3.68. The highest BCUT2D eigenvalue weighted by atomic mass is 16.6. The predicted molar refractivity (Wildman–Crippen MR) is 97.7 cm³/mol. The van der Waals surface area contributed by atoms with Gasteiger partial charge in [0.2, 0.25) is 5.91 Å². The number of nitrogens with zero attached hydrogens (tertiary/aromatic N) is 3. The summed E-state index contributed by atoms with van der Waals surface area (Å²) in [5.41, 5.74) is -0.0732. The van der Waals surface area contributed by atoms with E-state index in [1.807, 2.05) is 0 Å². The van der Waals surface area contributed by atoms with Crippen LogP contribution in [0.25, 0.3) is 0 Å². The fourth-order valence-electron chi connectivity index (χ4n) is 3.68. The lowest BCUT2D eigenvalue weighted by Crippen LogP contribution is -2.40. The zero-order valence-corrected chi connectivity index (χ0v) is 15.6. The molecule has 3 rings (SSSR count). The first-order valence-electron chi connectivity index (χ1n) is 9.22. The van der Waals surface area contributed by atoms with Crippen molar-refractivity contribution in [2.75, 3.05) is 19.6 Å². The van der Waals surface area contributed by atoms with Crippen molar-refractivity contribution in [3.8, 4) is 0 Å². The molecule has 3 amide bonds. The molecule has 28 heavy (non-hydrogen) atoms. The van der Waals surface area contributed by atoms with Gasteiger partial charge in [0.25, 0.3) is 17.5 Å². The summed E-state index contributed by atoms with van der Waals surface area (Å²) in [6.45, 7) is 2.73. The molecule has 9 heteroatoms. The average Bonchev–Trinajstić information content (AvgIpc) is 2.92. The van der Waals surface area contributed by atoms with Crippen molar-refractivity contribution >= 4 is 29.2 Å². The van der Waals surface area contributed by atoms with Gasteiger partial charge < -0.3 is 4.90 Å². The largest absolute Gasteiger partial charge is 0.343 e. The molecule has 2 aliphatic rings. The zero-order valence-electron chi connectivity index (χ0n) is 15.6. The summed E-state index contributed by atoms with van der Waals surface area (Å²) >= 11 is 0. The molecule has 1 fully saturated rings. The van der Waals surface area contributed by atoms with E-state index in [4.69, 9.17) is 0 Å². The van der Waals surface area contributed by atoms with E-state index in [-0.39, 0.29) is 47.4 Å². The molecule has 1 saturated heterocycles. The first kappa shape index (κ1) is 19.7. The minimum Gasteiger partial charge on any atom is -0.343 e. The lowest BCUT2D eigenvalue weighted by atomic mass is 9.93. The van der Waals surface area contributed by atoms with Gasteiger partial charge in [0, 0.05) is 44.1 Å². The van der Waals surface area contributed by atoms with Crippen LogP contribution in [-0.4, -0.2) is 57.9 Å². The van der Waals surface area contributed by atoms with Crippen LogP contribution in [-0.2, 0) is 9.59 Å². The number of rotatable bonds is 6. The highest BCUT2D eigenvalue weighted by Crippen LogP contribution is 2.27. The topological polar surface area (TPSA) is 118 Å². The van der Waals surface area contributed by atoms with Gasteiger partial charge in [-0.3, -0.25) is 34.2 Å². The molecule has 0 bridgehead atoms. The predicted octanol–water partition coefficient (Wildman–Crippen LogP) is 1.80. The summed E-state index contributed by atoms with van der Waals surface area (Å²) in [5, 5.41) is 10.9. The molecular formula is C19H21N3O6. The molecule has 0 radical (unpaired) electrons. The van der Waals surface area contributed by atoms with Crippen molar-refractivity contribution in [1.82, 2.24) is 9.80 Å². The lowest BCUT2D eigenvalue weighted by Gasteiger charge is -2.31. The molecule has 2 heterocycles. The Labute approximate surface area is 161 Å². The SMILES string of the molecule is CC(=O)C1CCN(C(=O)CCCN2C(=O)c3ccc([N+](=O)[O-])cc3C2=O)CC1. The molecule has 2 aliphatic heterocycles. The quantitative estimate of drug-likeness (QED) is 0.417. The number of nitro groups is 1. The van der Waals surface area contributed by atoms with Crippen molar-refractivity contribution < 1.29 is 24.1 Å². The Balaban J connectivity index is 1.53. The zero-order chi connectivity index (χ0) is 20.4. The second-order valence-corrected chi connectivity index (χ2v) is 7.12. The molecule has 0 N–H and O–H groups in total. The Morgan fingerprint density at radius 3 is 2.39 bits per heavy atom. The third-order valence-electron chi connectivity index (χ3n) is 5.36. The van der Waals surface area contributed by atoms with Crippen LogP contribution >= 0.6 is 0 Å². The van der Waals surface area contributed by atoms with E-state index >= 15 is 0 Å². The van der Waals surface area contributed by atoms with Gasteiger partial charge in [-0.1, -0.05) is 0 Å². The molecule has 1 aromatic rings. The van der Waals surface area contributed by atoms with Crippen LogP contribution in [0.3, 0.4) is 0 Å². The maximum atomic E-state index is 12.4. The molecular weight excluding hydrogens is 366 g/mol. The molecule has 1 aromatic carbocycles. The molecule has 0 aromatic heterocycles. The number of amides is 3. The molecule has 0 atom stereocenters. The highest BCUT2D eigenvalue weighted by molar-refractivity contribution is 6.21. The molecule has 148 valence electrons. The number of benzene rings is 1. The van der Waals surface area contributed by atoms with Gasteiger partial charge in [-0.2, -0.15) is 0 Å². The highest BCUT2D eigenvalue weighted by Gasteiger charge is 2.36. The molecule has 0 aliphatic carbocycles. The summed E-state index contributed by atoms with van der Waals surface area (Å²) in [6.07, 6.45) is 1.84. The number of hydrogen-bond donors (Lipinski definition) is 0. The number of imide groups is 1. The van der Waals surface area contributed by atoms with Crippen LogP contribution in [0.2, 0.25) is 0 Å². The van der Waals surface area contributed by atoms with Crippen molar-refractivity contribution in [1.29, 1.82) is 0 Å². The summed E-state index contributed by atoms with van der Waals surface area (Å²) in [7, 11) is 0. The van der Waals surface area contributed by atoms with Crippen molar-refractivity contribution in [3.05, 3.63) is 39.4 Å². The third kappa shape index (κ3) is 3.78. The maximum Gasteiger partial charge on any atom is 0.270 e. The second kappa shape index (κ2) is 7.87. The van der Waals surface area contributed by atoms with Crippen LogP contribution in [0.4, 0.5) is 5.69 Å². The fraction of sp³-hybridized carbons (Fsp3) is 0.474. The number of carbonyl (C=O) groups excluding carboxylic acids is 4. The van der Waals surface area contributed by atoms with Crippen molar-refractivity contribution in [2.24, 2.45) is 5.92 Å². The maximum absolute atomic E-state index is 12.4. The van der Waals surface area contributed by atoms with Gasteiger partial charge in [0.1, 0.15) is 5.78 Å². The van der Waals surface area contributed by atoms with Crippen LogP contribution in [0.5, 0.6) is 0 Å². The number of ketones is 1. The Morgan fingerprint density at radius 1 is 1.14 bits per heavy atom. The third-order valence-corrected chi connectivity index (χ3v) is 5.36. The number of nitro benzene ring substituents is 1. The minimum atomic E-state index is -0.616. The Bertz CT molecular complexity index is 857. The lowest BCUT2D eigenvalue weighted by molar-refractivity contribution is -0.384. The second-order valence-electron chi connectivity index (χ2n) is 7.12. The number of hydrogen-bond acceptors (Lipinski definition) is 6. The van der Waals surface area contributed by atoms with E-state index < -0.39 is 16.7 Å². The van der Waals surface area contributed by atoms with Gasteiger partial charge in [0.15, 0.2) is 0 Å². The minimum absolute atomic E-state index is 0.0199. The van der Waals surface area contributed by atoms with Crippen LogP contribution < -0.4 is 0 Å². The first-order chi connectivity index (χ1) is 13.3. The summed E-state index contributed by atoms with van der Waals surface area (Å²) in [6, 6.07) is 3.60. The van der Waals surface area contributed by atoms with Gasteiger partial charge >= 0.3 is 0 Å². The number of fused-ring (bicyclic) bond motifs is 1. The number of piperidine rings is 1. The van der Waals surface area contributed by atoms with E-state index in [0.29, 0.717) is 32.4 Å². The first-order valence-corrected chi connectivity index (χ1v) is 9.22. The van der Waals surface area contributed by atoms with E-state index in [1.54, 1.807) is 11.8 Å². The Hall–Kier alpha value is -3.10. The van der Waals surface area contributed by atoms with E-state index in [2.05, 4.69) is 0 Å². The smallest absolute Gasteiger partial charge is 0.270 e. The molecule has 0 unspecified atom stereocenters. The monoisotopic (exact) mass is 387 g/mol. The van der Waals surface area contributed by atoms with E-state index in [1.165, 1.54) is 12.1 Å².